The first-order valence-corrected chi connectivity index (χ1v) is 6.23. The van der Waals surface area contributed by atoms with Crippen molar-refractivity contribution in [1.82, 2.24) is 0 Å². The second-order valence-electron chi connectivity index (χ2n) is 3.69. The van der Waals surface area contributed by atoms with E-state index < -0.39 is 6.10 Å². The van der Waals surface area contributed by atoms with Crippen molar-refractivity contribution in [2.75, 3.05) is 0 Å². The molecule has 1 nitrogen and oxygen atoms in total. The quantitative estimate of drug-likeness (QED) is 0.641. The van der Waals surface area contributed by atoms with Crippen LogP contribution >= 0.6 is 34.2 Å². The molecule has 1 aromatic rings. The zero-order chi connectivity index (χ0) is 11.4. The lowest BCUT2D eigenvalue weighted by atomic mass is 10.0. The van der Waals surface area contributed by atoms with Crippen molar-refractivity contribution in [2.24, 2.45) is 0 Å². The summed E-state index contributed by atoms with van der Waals surface area (Å²) in [5.41, 5.74) is 1.97. The number of rotatable bonds is 4. The van der Waals surface area contributed by atoms with Gasteiger partial charge in [-0.1, -0.05) is 23.2 Å². The smallest absolute Gasteiger partial charge is 0.0793 e. The van der Waals surface area contributed by atoms with E-state index >= 15 is 0 Å². The van der Waals surface area contributed by atoms with Crippen LogP contribution in [0.5, 0.6) is 0 Å². The highest BCUT2D eigenvalue weighted by atomic mass is 127. The normalized spacial score (nSPS) is 12.5. The number of halogens is 2. The number of aliphatic hydroxyl groups excluding tert-OH is 1. The third kappa shape index (κ3) is 4.13. The third-order valence-electron chi connectivity index (χ3n) is 2.17. The largest absolute Gasteiger partial charge is 0.388 e. The molecule has 1 rings (SSSR count). The third-order valence-corrected chi connectivity index (χ3v) is 3.75. The van der Waals surface area contributed by atoms with Gasteiger partial charge in [-0.25, -0.2) is 0 Å². The summed E-state index contributed by atoms with van der Waals surface area (Å²) in [5, 5.41) is 10.6. The first kappa shape index (κ1) is 13.0. The molecule has 0 amide bonds. The van der Waals surface area contributed by atoms with Crippen LogP contribution in [0, 0.1) is 3.57 Å². The van der Waals surface area contributed by atoms with Gasteiger partial charge < -0.3 is 5.11 Å². The number of hydrogen-bond acceptors (Lipinski definition) is 1. The molecule has 1 N–H and O–H groups in total. The van der Waals surface area contributed by atoms with Crippen LogP contribution in [-0.2, 0) is 0 Å². The lowest BCUT2D eigenvalue weighted by Gasteiger charge is -2.11. The Kier molecular flexibility index (Phi) is 5.09. The van der Waals surface area contributed by atoms with Crippen LogP contribution in [0.3, 0.4) is 0 Å². The number of benzene rings is 1. The average Bonchev–Trinajstić information content (AvgIpc) is 2.18. The summed E-state index contributed by atoms with van der Waals surface area (Å²) in [6, 6.07) is 5.66. The predicted octanol–water partition coefficient (Wildman–Crippen LogP) is 4.33. The van der Waals surface area contributed by atoms with Crippen molar-refractivity contribution in [1.29, 1.82) is 0 Å². The Morgan fingerprint density at radius 2 is 2.27 bits per heavy atom. The molecule has 0 aliphatic heterocycles. The molecule has 0 bridgehead atoms. The van der Waals surface area contributed by atoms with Gasteiger partial charge in [-0.3, -0.25) is 0 Å². The van der Waals surface area contributed by atoms with Crippen molar-refractivity contribution in [3.63, 3.8) is 0 Å². The molecule has 1 unspecified atom stereocenters. The Morgan fingerprint density at radius 1 is 1.60 bits per heavy atom. The predicted molar refractivity (Wildman–Crippen MR) is 73.2 cm³/mol. The van der Waals surface area contributed by atoms with Crippen LogP contribution in [0.2, 0.25) is 5.02 Å². The number of allylic oxidation sites excluding steroid dienone is 1. The molecule has 0 spiro atoms. The molecule has 0 aliphatic rings. The maximum Gasteiger partial charge on any atom is 0.0793 e. The molecule has 1 aromatic carbocycles. The van der Waals surface area contributed by atoms with Gasteiger partial charge in [0.15, 0.2) is 0 Å². The van der Waals surface area contributed by atoms with Crippen LogP contribution in [-0.4, -0.2) is 5.11 Å². The topological polar surface area (TPSA) is 20.2 Å². The Morgan fingerprint density at radius 3 is 2.80 bits per heavy atom. The lowest BCUT2D eigenvalue weighted by Crippen LogP contribution is -1.97. The standard InChI is InChI=1S/C12H14ClIO/c1-8(2)3-6-12(15)9-4-5-11(14)10(13)7-9/h4-5,7,12,15H,1,3,6H2,2H3. The maximum atomic E-state index is 9.88. The average molecular weight is 337 g/mol. The molecule has 3 heteroatoms. The minimum Gasteiger partial charge on any atom is -0.388 e. The summed E-state index contributed by atoms with van der Waals surface area (Å²) in [4.78, 5) is 0. The van der Waals surface area contributed by atoms with Crippen LogP contribution in [0.15, 0.2) is 30.4 Å². The molecule has 0 aromatic heterocycles. The molecule has 0 heterocycles. The van der Waals surface area contributed by atoms with Crippen LogP contribution < -0.4 is 0 Å². The summed E-state index contributed by atoms with van der Waals surface area (Å²) in [6.45, 7) is 5.78. The second-order valence-corrected chi connectivity index (χ2v) is 5.25. The lowest BCUT2D eigenvalue weighted by molar-refractivity contribution is 0.168. The van der Waals surface area contributed by atoms with Crippen molar-refractivity contribution < 1.29 is 5.11 Å². The minimum absolute atomic E-state index is 0.448. The molecule has 0 radical (unpaired) electrons. The van der Waals surface area contributed by atoms with Crippen molar-refractivity contribution >= 4 is 34.2 Å². The van der Waals surface area contributed by atoms with E-state index in [0.29, 0.717) is 11.4 Å². The highest BCUT2D eigenvalue weighted by Crippen LogP contribution is 2.26. The van der Waals surface area contributed by atoms with Crippen LogP contribution in [0.4, 0.5) is 0 Å². The Bertz CT molecular complexity index is 363. The van der Waals surface area contributed by atoms with Gasteiger partial charge in [0.2, 0.25) is 0 Å². The molecular formula is C12H14ClIO. The second kappa shape index (κ2) is 5.87. The minimum atomic E-state index is -0.448. The van der Waals surface area contributed by atoms with Gasteiger partial charge in [-0.05, 0) is 60.1 Å². The van der Waals surface area contributed by atoms with E-state index in [1.165, 1.54) is 0 Å². The van der Waals surface area contributed by atoms with Crippen molar-refractivity contribution in [3.8, 4) is 0 Å². The summed E-state index contributed by atoms with van der Waals surface area (Å²) in [6.07, 6.45) is 1.09. The van der Waals surface area contributed by atoms with E-state index in [1.807, 2.05) is 25.1 Å². The number of aliphatic hydroxyl groups is 1. The van der Waals surface area contributed by atoms with Gasteiger partial charge in [-0.2, -0.15) is 0 Å². The zero-order valence-electron chi connectivity index (χ0n) is 8.63. The van der Waals surface area contributed by atoms with E-state index in [-0.39, 0.29) is 0 Å². The zero-order valence-corrected chi connectivity index (χ0v) is 11.5. The summed E-state index contributed by atoms with van der Waals surface area (Å²) < 4.78 is 1.00. The van der Waals surface area contributed by atoms with Crippen molar-refractivity contribution in [2.45, 2.75) is 25.9 Å². The fourth-order valence-electron chi connectivity index (χ4n) is 1.27. The molecule has 1 atom stereocenters. The van der Waals surface area contributed by atoms with Crippen LogP contribution in [0.1, 0.15) is 31.4 Å². The molecular weight excluding hydrogens is 322 g/mol. The SMILES string of the molecule is C=C(C)CCC(O)c1ccc(I)c(Cl)c1. The van der Waals surface area contributed by atoms with E-state index in [4.69, 9.17) is 11.6 Å². The Hall–Kier alpha value is -0.0600. The maximum absolute atomic E-state index is 9.88. The first-order valence-electron chi connectivity index (χ1n) is 4.78. The van der Waals surface area contributed by atoms with E-state index in [9.17, 15) is 5.11 Å². The summed E-state index contributed by atoms with van der Waals surface area (Å²) in [7, 11) is 0. The summed E-state index contributed by atoms with van der Waals surface area (Å²) in [5.74, 6) is 0. The summed E-state index contributed by atoms with van der Waals surface area (Å²) >= 11 is 8.15. The molecule has 15 heavy (non-hydrogen) atoms. The van der Waals surface area contributed by atoms with Gasteiger partial charge in [-0.15, -0.1) is 6.58 Å². The highest BCUT2D eigenvalue weighted by Gasteiger charge is 2.08. The van der Waals surface area contributed by atoms with Crippen LogP contribution in [0.25, 0.3) is 0 Å². The van der Waals surface area contributed by atoms with Gasteiger partial charge in [0.1, 0.15) is 0 Å². The highest BCUT2D eigenvalue weighted by molar-refractivity contribution is 14.1. The van der Waals surface area contributed by atoms with Gasteiger partial charge in [0.25, 0.3) is 0 Å². The fourth-order valence-corrected chi connectivity index (χ4v) is 1.79. The van der Waals surface area contributed by atoms with Crippen molar-refractivity contribution in [3.05, 3.63) is 44.5 Å². The first-order chi connectivity index (χ1) is 7.00. The molecule has 0 aliphatic carbocycles. The Labute approximate surface area is 109 Å². The Balaban J connectivity index is 2.69. The monoisotopic (exact) mass is 336 g/mol. The molecule has 0 saturated heterocycles. The van der Waals surface area contributed by atoms with Gasteiger partial charge in [0, 0.05) is 3.57 Å². The van der Waals surface area contributed by atoms with Gasteiger partial charge in [0.05, 0.1) is 11.1 Å². The van der Waals surface area contributed by atoms with E-state index in [0.717, 1.165) is 21.1 Å². The van der Waals surface area contributed by atoms with E-state index in [1.54, 1.807) is 0 Å². The van der Waals surface area contributed by atoms with E-state index in [2.05, 4.69) is 29.2 Å². The molecule has 0 saturated carbocycles. The van der Waals surface area contributed by atoms with Gasteiger partial charge >= 0.3 is 0 Å². The molecule has 0 fully saturated rings. The fraction of sp³-hybridized carbons (Fsp3) is 0.333. The molecule has 82 valence electrons. The number of hydrogen-bond donors (Lipinski definition) is 1.